The number of halogens is 1. The average Bonchev–Trinajstić information content (AvgIpc) is 2.59. The summed E-state index contributed by atoms with van der Waals surface area (Å²) in [6.07, 6.45) is 0. The van der Waals surface area contributed by atoms with E-state index in [1.54, 1.807) is 12.1 Å². The van der Waals surface area contributed by atoms with Crippen molar-refractivity contribution in [3.63, 3.8) is 0 Å². The zero-order valence-corrected chi connectivity index (χ0v) is 13.2. The molecule has 0 unspecified atom stereocenters. The number of para-hydroxylation sites is 1. The molecule has 0 fully saturated rings. The zero-order valence-electron chi connectivity index (χ0n) is 13.2. The molecule has 7 nitrogen and oxygen atoms in total. The third-order valence-electron chi connectivity index (χ3n) is 3.19. The van der Waals surface area contributed by atoms with Crippen LogP contribution in [0.4, 0.5) is 10.1 Å². The third kappa shape index (κ3) is 4.54. The Morgan fingerprint density at radius 1 is 1.16 bits per heavy atom. The van der Waals surface area contributed by atoms with Crippen molar-refractivity contribution in [2.24, 2.45) is 5.73 Å². The second-order valence-electron chi connectivity index (χ2n) is 4.88. The minimum Gasteiger partial charge on any atom is -0.494 e. The first kappa shape index (κ1) is 17.9. The van der Waals surface area contributed by atoms with Gasteiger partial charge >= 0.3 is 5.97 Å². The Morgan fingerprint density at radius 3 is 2.52 bits per heavy atom. The van der Waals surface area contributed by atoms with E-state index in [4.69, 9.17) is 15.2 Å². The highest BCUT2D eigenvalue weighted by molar-refractivity contribution is 6.03. The van der Waals surface area contributed by atoms with Gasteiger partial charge in [0.25, 0.3) is 11.8 Å². The summed E-state index contributed by atoms with van der Waals surface area (Å²) in [6.45, 7) is -0.612. The number of ether oxygens (including phenoxy) is 2. The van der Waals surface area contributed by atoms with Gasteiger partial charge < -0.3 is 20.5 Å². The molecule has 0 aromatic heterocycles. The number of hydrogen-bond acceptors (Lipinski definition) is 5. The Bertz CT molecular complexity index is 822. The molecule has 0 radical (unpaired) electrons. The zero-order chi connectivity index (χ0) is 18.4. The van der Waals surface area contributed by atoms with Crippen LogP contribution in [-0.4, -0.2) is 31.5 Å². The molecule has 0 saturated heterocycles. The van der Waals surface area contributed by atoms with Crippen LogP contribution < -0.4 is 15.8 Å². The Morgan fingerprint density at radius 2 is 1.88 bits per heavy atom. The molecule has 0 saturated carbocycles. The smallest absolute Gasteiger partial charge is 0.338 e. The molecular weight excluding hydrogens is 331 g/mol. The van der Waals surface area contributed by atoms with E-state index < -0.39 is 30.2 Å². The second kappa shape index (κ2) is 7.91. The normalized spacial score (nSPS) is 10.0. The molecule has 3 N–H and O–H groups in total. The Hall–Kier alpha value is -3.42. The fraction of sp³-hybridized carbons (Fsp3) is 0.118. The van der Waals surface area contributed by atoms with E-state index in [1.807, 2.05) is 0 Å². The van der Waals surface area contributed by atoms with Crippen molar-refractivity contribution in [2.75, 3.05) is 19.0 Å². The highest BCUT2D eigenvalue weighted by Crippen LogP contribution is 2.18. The number of hydrogen-bond donors (Lipinski definition) is 2. The van der Waals surface area contributed by atoms with Crippen LogP contribution >= 0.6 is 0 Å². The van der Waals surface area contributed by atoms with Crippen molar-refractivity contribution in [1.29, 1.82) is 0 Å². The minimum atomic E-state index is -0.875. The lowest BCUT2D eigenvalue weighted by molar-refractivity contribution is -0.119. The SMILES string of the molecule is COc1ccc(C(=O)OCC(=O)Nc2ccccc2C(N)=O)cc1F. The number of methoxy groups -OCH3 is 1. The molecule has 0 spiro atoms. The molecule has 8 heteroatoms. The number of nitrogens with two attached hydrogens (primary N) is 1. The fourth-order valence-corrected chi connectivity index (χ4v) is 2.00. The van der Waals surface area contributed by atoms with Gasteiger partial charge in [-0.2, -0.15) is 0 Å². The summed E-state index contributed by atoms with van der Waals surface area (Å²) >= 11 is 0. The molecule has 2 amide bonds. The number of primary amides is 1. The maximum absolute atomic E-state index is 13.6. The first-order chi connectivity index (χ1) is 11.9. The van der Waals surface area contributed by atoms with Gasteiger partial charge in [0.1, 0.15) is 0 Å². The molecule has 25 heavy (non-hydrogen) atoms. The van der Waals surface area contributed by atoms with E-state index in [1.165, 1.54) is 31.4 Å². The highest BCUT2D eigenvalue weighted by Gasteiger charge is 2.15. The van der Waals surface area contributed by atoms with Crippen LogP contribution in [0.15, 0.2) is 42.5 Å². The quantitative estimate of drug-likeness (QED) is 0.775. The Kier molecular flexibility index (Phi) is 5.67. The van der Waals surface area contributed by atoms with Crippen molar-refractivity contribution in [2.45, 2.75) is 0 Å². The predicted molar refractivity (Wildman–Crippen MR) is 86.8 cm³/mol. The van der Waals surface area contributed by atoms with E-state index in [0.717, 1.165) is 6.07 Å². The number of anilines is 1. The summed E-state index contributed by atoms with van der Waals surface area (Å²) in [5.74, 6) is -2.99. The molecule has 2 rings (SSSR count). The van der Waals surface area contributed by atoms with Crippen LogP contribution in [0, 0.1) is 5.82 Å². The predicted octanol–water partition coefficient (Wildman–Crippen LogP) is 1.73. The van der Waals surface area contributed by atoms with Gasteiger partial charge in [0.05, 0.1) is 23.9 Å². The number of rotatable bonds is 6. The van der Waals surface area contributed by atoms with Gasteiger partial charge in [-0.05, 0) is 30.3 Å². The highest BCUT2D eigenvalue weighted by atomic mass is 19.1. The van der Waals surface area contributed by atoms with Gasteiger partial charge in [0.2, 0.25) is 0 Å². The molecule has 0 atom stereocenters. The Balaban J connectivity index is 1.97. The van der Waals surface area contributed by atoms with Gasteiger partial charge in [-0.1, -0.05) is 12.1 Å². The van der Waals surface area contributed by atoms with Crippen molar-refractivity contribution in [3.8, 4) is 5.75 Å². The van der Waals surface area contributed by atoms with Gasteiger partial charge in [-0.15, -0.1) is 0 Å². The second-order valence-corrected chi connectivity index (χ2v) is 4.88. The number of carbonyl (C=O) groups excluding carboxylic acids is 3. The molecular formula is C17H15FN2O5. The van der Waals surface area contributed by atoms with Crippen molar-refractivity contribution >= 4 is 23.5 Å². The molecule has 0 heterocycles. The molecule has 2 aromatic rings. The number of amides is 2. The summed E-state index contributed by atoms with van der Waals surface area (Å²) in [5, 5.41) is 2.42. The van der Waals surface area contributed by atoms with Crippen LogP contribution in [-0.2, 0) is 9.53 Å². The monoisotopic (exact) mass is 346 g/mol. The summed E-state index contributed by atoms with van der Waals surface area (Å²) in [7, 11) is 1.30. The lowest BCUT2D eigenvalue weighted by Crippen LogP contribution is -2.23. The van der Waals surface area contributed by atoms with Gasteiger partial charge in [-0.3, -0.25) is 9.59 Å². The van der Waals surface area contributed by atoms with Gasteiger partial charge in [-0.25, -0.2) is 9.18 Å². The van der Waals surface area contributed by atoms with E-state index in [2.05, 4.69) is 5.32 Å². The molecule has 2 aromatic carbocycles. The van der Waals surface area contributed by atoms with Crippen LogP contribution in [0.3, 0.4) is 0 Å². The van der Waals surface area contributed by atoms with Crippen LogP contribution in [0.1, 0.15) is 20.7 Å². The topological polar surface area (TPSA) is 108 Å². The standard InChI is InChI=1S/C17H15FN2O5/c1-24-14-7-6-10(8-12(14)18)17(23)25-9-15(21)20-13-5-3-2-4-11(13)16(19)22/h2-8H,9H2,1H3,(H2,19,22)(H,20,21). The van der Waals surface area contributed by atoms with Crippen LogP contribution in [0.5, 0.6) is 5.75 Å². The summed E-state index contributed by atoms with van der Waals surface area (Å²) in [6, 6.07) is 9.66. The number of nitrogens with one attached hydrogen (secondary N) is 1. The van der Waals surface area contributed by atoms with Gasteiger partial charge in [0, 0.05) is 0 Å². The maximum atomic E-state index is 13.6. The van der Waals surface area contributed by atoms with Crippen molar-refractivity contribution in [1.82, 2.24) is 0 Å². The number of benzene rings is 2. The third-order valence-corrected chi connectivity index (χ3v) is 3.19. The molecule has 0 bridgehead atoms. The maximum Gasteiger partial charge on any atom is 0.338 e. The van der Waals surface area contributed by atoms with E-state index >= 15 is 0 Å². The van der Waals surface area contributed by atoms with E-state index in [9.17, 15) is 18.8 Å². The summed E-state index contributed by atoms with van der Waals surface area (Å²) in [4.78, 5) is 35.0. The molecule has 0 aliphatic rings. The fourth-order valence-electron chi connectivity index (χ4n) is 2.00. The van der Waals surface area contributed by atoms with E-state index in [-0.39, 0.29) is 22.6 Å². The van der Waals surface area contributed by atoms with Crippen LogP contribution in [0.2, 0.25) is 0 Å². The first-order valence-electron chi connectivity index (χ1n) is 7.11. The lowest BCUT2D eigenvalue weighted by Gasteiger charge is -2.09. The van der Waals surface area contributed by atoms with Gasteiger partial charge in [0.15, 0.2) is 18.2 Å². The van der Waals surface area contributed by atoms with Crippen LogP contribution in [0.25, 0.3) is 0 Å². The molecule has 0 aliphatic carbocycles. The van der Waals surface area contributed by atoms with Crippen molar-refractivity contribution in [3.05, 3.63) is 59.4 Å². The average molecular weight is 346 g/mol. The summed E-state index contributed by atoms with van der Waals surface area (Å²) < 4.78 is 23.1. The van der Waals surface area contributed by atoms with E-state index in [0.29, 0.717) is 0 Å². The van der Waals surface area contributed by atoms with Crippen molar-refractivity contribution < 1.29 is 28.2 Å². The summed E-state index contributed by atoms with van der Waals surface area (Å²) in [5.41, 5.74) is 5.46. The first-order valence-corrected chi connectivity index (χ1v) is 7.11. The number of carbonyl (C=O) groups is 3. The largest absolute Gasteiger partial charge is 0.494 e. The number of esters is 1. The molecule has 130 valence electrons. The lowest BCUT2D eigenvalue weighted by atomic mass is 10.1. The Labute approximate surface area is 142 Å². The minimum absolute atomic E-state index is 0.0163. The molecule has 0 aliphatic heterocycles.